The number of carbonyl (C=O) groups is 2. The lowest BCUT2D eigenvalue weighted by molar-refractivity contribution is -0.142. The summed E-state index contributed by atoms with van der Waals surface area (Å²) in [6.07, 6.45) is 0.173. The molecule has 0 saturated carbocycles. The van der Waals surface area contributed by atoms with Gasteiger partial charge in [0.25, 0.3) is 5.91 Å². The number of nitrogens with zero attached hydrogens (tertiary/aromatic N) is 1. The fraction of sp³-hybridized carbons (Fsp3) is 0.150. The van der Waals surface area contributed by atoms with E-state index in [1.807, 2.05) is 36.4 Å². The minimum Gasteiger partial charge on any atom is -0.466 e. The van der Waals surface area contributed by atoms with Crippen molar-refractivity contribution in [1.82, 2.24) is 4.98 Å². The van der Waals surface area contributed by atoms with E-state index in [2.05, 4.69) is 10.3 Å². The summed E-state index contributed by atoms with van der Waals surface area (Å²) in [6.45, 7) is 2.12. The Morgan fingerprint density at radius 1 is 1.12 bits per heavy atom. The Balaban J connectivity index is 1.69. The van der Waals surface area contributed by atoms with E-state index in [0.717, 1.165) is 16.1 Å². The standard InChI is InChI=1S/C20H18N2O3S/c1-2-25-18(23)12-14-7-6-10-16(11-14)21-19(24)17-13-26-20(22-17)15-8-4-3-5-9-15/h3-11,13H,2,12H2,1H3,(H,21,24). The first-order chi connectivity index (χ1) is 12.7. The number of hydrogen-bond donors (Lipinski definition) is 1. The predicted molar refractivity (Wildman–Crippen MR) is 102 cm³/mol. The van der Waals surface area contributed by atoms with Crippen LogP contribution >= 0.6 is 11.3 Å². The summed E-state index contributed by atoms with van der Waals surface area (Å²) in [7, 11) is 0. The number of carbonyl (C=O) groups excluding carboxylic acids is 2. The molecule has 3 rings (SSSR count). The van der Waals surface area contributed by atoms with Gasteiger partial charge in [0.05, 0.1) is 13.0 Å². The van der Waals surface area contributed by atoms with Crippen molar-refractivity contribution in [3.63, 3.8) is 0 Å². The van der Waals surface area contributed by atoms with Crippen molar-refractivity contribution in [3.8, 4) is 10.6 Å². The molecule has 0 saturated heterocycles. The number of benzene rings is 2. The second-order valence-corrected chi connectivity index (χ2v) is 6.40. The van der Waals surface area contributed by atoms with Crippen LogP contribution in [0.4, 0.5) is 5.69 Å². The Morgan fingerprint density at radius 2 is 1.92 bits per heavy atom. The van der Waals surface area contributed by atoms with Crippen molar-refractivity contribution in [2.24, 2.45) is 0 Å². The van der Waals surface area contributed by atoms with Crippen molar-refractivity contribution in [1.29, 1.82) is 0 Å². The highest BCUT2D eigenvalue weighted by molar-refractivity contribution is 7.13. The number of aromatic nitrogens is 1. The molecule has 1 heterocycles. The van der Waals surface area contributed by atoms with Crippen molar-refractivity contribution in [3.05, 3.63) is 71.2 Å². The van der Waals surface area contributed by atoms with Gasteiger partial charge in [0, 0.05) is 16.6 Å². The largest absolute Gasteiger partial charge is 0.466 e. The Bertz CT molecular complexity index is 906. The van der Waals surface area contributed by atoms with Crippen LogP contribution in [0.1, 0.15) is 23.0 Å². The topological polar surface area (TPSA) is 68.3 Å². The van der Waals surface area contributed by atoms with Crippen LogP contribution in [0.2, 0.25) is 0 Å². The number of nitrogens with one attached hydrogen (secondary N) is 1. The SMILES string of the molecule is CCOC(=O)Cc1cccc(NC(=O)c2csc(-c3ccccc3)n2)c1. The first kappa shape index (κ1) is 17.8. The summed E-state index contributed by atoms with van der Waals surface area (Å²) in [6, 6.07) is 16.9. The van der Waals surface area contributed by atoms with Gasteiger partial charge in [-0.25, -0.2) is 4.98 Å². The molecule has 0 spiro atoms. The molecule has 1 N–H and O–H groups in total. The highest BCUT2D eigenvalue weighted by Gasteiger charge is 2.13. The number of thiazole rings is 1. The Labute approximate surface area is 155 Å². The molecule has 0 aliphatic rings. The van der Waals surface area contributed by atoms with Crippen molar-refractivity contribution in [2.75, 3.05) is 11.9 Å². The Hall–Kier alpha value is -2.99. The average molecular weight is 366 g/mol. The molecule has 1 aromatic heterocycles. The van der Waals surface area contributed by atoms with E-state index in [1.165, 1.54) is 11.3 Å². The molecule has 0 aliphatic carbocycles. The highest BCUT2D eigenvalue weighted by Crippen LogP contribution is 2.23. The number of esters is 1. The van der Waals surface area contributed by atoms with Gasteiger partial charge in [0.15, 0.2) is 0 Å². The van der Waals surface area contributed by atoms with Crippen LogP contribution in [-0.4, -0.2) is 23.5 Å². The Kier molecular flexibility index (Phi) is 5.76. The molecule has 2 aromatic carbocycles. The third kappa shape index (κ3) is 4.55. The van der Waals surface area contributed by atoms with Gasteiger partial charge in [0.1, 0.15) is 10.7 Å². The molecule has 1 amide bonds. The van der Waals surface area contributed by atoms with Crippen LogP contribution in [0, 0.1) is 0 Å². The van der Waals surface area contributed by atoms with E-state index in [0.29, 0.717) is 18.0 Å². The minimum atomic E-state index is -0.289. The maximum atomic E-state index is 12.4. The third-order valence-corrected chi connectivity index (χ3v) is 4.49. The normalized spacial score (nSPS) is 10.3. The molecule has 0 atom stereocenters. The molecule has 0 fully saturated rings. The maximum absolute atomic E-state index is 12.4. The molecular formula is C20H18N2O3S. The van der Waals surface area contributed by atoms with Crippen LogP contribution in [0.5, 0.6) is 0 Å². The van der Waals surface area contributed by atoms with Crippen LogP contribution in [0.25, 0.3) is 10.6 Å². The van der Waals surface area contributed by atoms with Gasteiger partial charge in [-0.15, -0.1) is 11.3 Å². The lowest BCUT2D eigenvalue weighted by atomic mass is 10.1. The van der Waals surface area contributed by atoms with E-state index in [9.17, 15) is 9.59 Å². The van der Waals surface area contributed by atoms with E-state index in [-0.39, 0.29) is 18.3 Å². The number of ether oxygens (including phenoxy) is 1. The molecule has 6 heteroatoms. The van der Waals surface area contributed by atoms with Crippen molar-refractivity contribution in [2.45, 2.75) is 13.3 Å². The summed E-state index contributed by atoms with van der Waals surface area (Å²) in [5.74, 6) is -0.570. The van der Waals surface area contributed by atoms with Crippen molar-refractivity contribution >= 4 is 28.9 Å². The molecule has 3 aromatic rings. The summed E-state index contributed by atoms with van der Waals surface area (Å²) in [5.41, 5.74) is 2.74. The van der Waals surface area contributed by atoms with Crippen LogP contribution < -0.4 is 5.32 Å². The second kappa shape index (κ2) is 8.40. The fourth-order valence-electron chi connectivity index (χ4n) is 2.42. The molecule has 132 valence electrons. The average Bonchev–Trinajstić information content (AvgIpc) is 3.13. The van der Waals surface area contributed by atoms with Gasteiger partial charge in [-0.2, -0.15) is 0 Å². The summed E-state index contributed by atoms with van der Waals surface area (Å²) in [5, 5.41) is 5.36. The van der Waals surface area contributed by atoms with Gasteiger partial charge >= 0.3 is 5.97 Å². The van der Waals surface area contributed by atoms with Crippen LogP contribution in [0.3, 0.4) is 0 Å². The number of anilines is 1. The summed E-state index contributed by atoms with van der Waals surface area (Å²) < 4.78 is 4.95. The predicted octanol–water partition coefficient (Wildman–Crippen LogP) is 4.17. The molecule has 0 radical (unpaired) electrons. The molecular weight excluding hydrogens is 348 g/mol. The third-order valence-electron chi connectivity index (χ3n) is 3.60. The van der Waals surface area contributed by atoms with Gasteiger partial charge in [-0.3, -0.25) is 9.59 Å². The van der Waals surface area contributed by atoms with E-state index >= 15 is 0 Å². The monoisotopic (exact) mass is 366 g/mol. The lowest BCUT2D eigenvalue weighted by Crippen LogP contribution is -2.13. The zero-order valence-corrected chi connectivity index (χ0v) is 15.1. The van der Waals surface area contributed by atoms with E-state index in [4.69, 9.17) is 4.74 Å². The van der Waals surface area contributed by atoms with Gasteiger partial charge in [0.2, 0.25) is 0 Å². The van der Waals surface area contributed by atoms with Gasteiger partial charge in [-0.1, -0.05) is 42.5 Å². The number of rotatable bonds is 6. The Morgan fingerprint density at radius 3 is 2.69 bits per heavy atom. The quantitative estimate of drug-likeness (QED) is 0.665. The molecule has 0 bridgehead atoms. The molecule has 26 heavy (non-hydrogen) atoms. The second-order valence-electron chi connectivity index (χ2n) is 5.54. The smallest absolute Gasteiger partial charge is 0.310 e. The first-order valence-electron chi connectivity index (χ1n) is 8.22. The maximum Gasteiger partial charge on any atom is 0.310 e. The van der Waals surface area contributed by atoms with E-state index in [1.54, 1.807) is 30.5 Å². The van der Waals surface area contributed by atoms with Gasteiger partial charge in [-0.05, 0) is 24.6 Å². The number of amides is 1. The summed E-state index contributed by atoms with van der Waals surface area (Å²) in [4.78, 5) is 28.4. The zero-order chi connectivity index (χ0) is 18.4. The van der Waals surface area contributed by atoms with E-state index < -0.39 is 0 Å². The summed E-state index contributed by atoms with van der Waals surface area (Å²) >= 11 is 1.43. The van der Waals surface area contributed by atoms with Crippen LogP contribution in [0.15, 0.2) is 60.0 Å². The first-order valence-corrected chi connectivity index (χ1v) is 9.10. The van der Waals surface area contributed by atoms with Gasteiger partial charge < -0.3 is 10.1 Å². The van der Waals surface area contributed by atoms with Crippen molar-refractivity contribution < 1.29 is 14.3 Å². The molecule has 0 unspecified atom stereocenters. The lowest BCUT2D eigenvalue weighted by Gasteiger charge is -2.06. The molecule has 5 nitrogen and oxygen atoms in total. The zero-order valence-electron chi connectivity index (χ0n) is 14.3. The fourth-order valence-corrected chi connectivity index (χ4v) is 3.23. The minimum absolute atomic E-state index is 0.173. The highest BCUT2D eigenvalue weighted by atomic mass is 32.1. The van der Waals surface area contributed by atoms with Crippen LogP contribution in [-0.2, 0) is 16.0 Å². The number of hydrogen-bond acceptors (Lipinski definition) is 5. The molecule has 0 aliphatic heterocycles.